The Morgan fingerprint density at radius 3 is 1.40 bits per heavy atom. The van der Waals surface area contributed by atoms with E-state index in [1.807, 2.05) is 0 Å². The van der Waals surface area contributed by atoms with Gasteiger partial charge >= 0.3 is 29.8 Å². The highest BCUT2D eigenvalue weighted by molar-refractivity contribution is 5.93. The average molecular weight is 681 g/mol. The summed E-state index contributed by atoms with van der Waals surface area (Å²) >= 11 is 0. The predicted molar refractivity (Wildman–Crippen MR) is 183 cm³/mol. The quantitative estimate of drug-likeness (QED) is 0.0411. The highest BCUT2D eigenvalue weighted by Crippen LogP contribution is 2.30. The molecule has 276 valence electrons. The molecule has 0 bridgehead atoms. The van der Waals surface area contributed by atoms with E-state index in [4.69, 9.17) is 23.7 Å². The molecule has 0 amide bonds. The fourth-order valence-corrected chi connectivity index (χ4v) is 5.38. The van der Waals surface area contributed by atoms with Crippen LogP contribution in [0.3, 0.4) is 0 Å². The molecule has 1 aliphatic heterocycles. The predicted octanol–water partition coefficient (Wildman–Crippen LogP) is 9.11. The Bertz CT molecular complexity index is 973. The van der Waals surface area contributed by atoms with Gasteiger partial charge in [0.1, 0.15) is 6.61 Å². The van der Waals surface area contributed by atoms with Gasteiger partial charge in [-0.05, 0) is 25.7 Å². The SMILES string of the molecule is CCCCCCCC(=O)OC[C@H](OC(=O)CCCCCCC)[C@H]1OC(=O)C(OC(=O)CCCCCCC)=C1OC(=O)CCCCCCC. The lowest BCUT2D eigenvalue weighted by Gasteiger charge is -2.24. The molecule has 1 aliphatic rings. The zero-order valence-electron chi connectivity index (χ0n) is 30.4. The van der Waals surface area contributed by atoms with Gasteiger partial charge in [0.15, 0.2) is 6.10 Å². The lowest BCUT2D eigenvalue weighted by molar-refractivity contribution is -0.172. The molecule has 0 aromatic carbocycles. The minimum Gasteiger partial charge on any atom is -0.462 e. The van der Waals surface area contributed by atoms with Gasteiger partial charge in [-0.1, -0.05) is 130 Å². The third-order valence-corrected chi connectivity index (χ3v) is 8.31. The topological polar surface area (TPSA) is 132 Å². The normalized spacial score (nSPS) is 14.8. The first-order chi connectivity index (χ1) is 23.3. The standard InChI is InChI=1S/C38H64O10/c1-5-9-13-17-21-25-31(39)44-29-30(45-32(40)26-22-18-14-10-6-2)35-36(46-33(41)27-23-19-15-11-7-3)37(38(43)48-35)47-34(42)28-24-20-16-12-8-4/h30,35H,5-29H2,1-4H3/t30-,35+/m0/s1. The average Bonchev–Trinajstić information content (AvgIpc) is 3.36. The molecule has 10 nitrogen and oxygen atoms in total. The molecule has 0 saturated heterocycles. The van der Waals surface area contributed by atoms with Crippen LogP contribution < -0.4 is 0 Å². The monoisotopic (exact) mass is 680 g/mol. The lowest BCUT2D eigenvalue weighted by atomic mass is 10.1. The number of carbonyl (C=O) groups is 5. The molecule has 0 fully saturated rings. The summed E-state index contributed by atoms with van der Waals surface area (Å²) in [5, 5.41) is 0. The maximum atomic E-state index is 13.1. The van der Waals surface area contributed by atoms with Crippen LogP contribution in [0.15, 0.2) is 11.5 Å². The number of esters is 5. The summed E-state index contributed by atoms with van der Waals surface area (Å²) in [5.41, 5.74) is 0. The number of unbranched alkanes of at least 4 members (excludes halogenated alkanes) is 16. The third-order valence-electron chi connectivity index (χ3n) is 8.31. The van der Waals surface area contributed by atoms with Crippen LogP contribution in [0.5, 0.6) is 0 Å². The summed E-state index contributed by atoms with van der Waals surface area (Å²) in [5.74, 6) is -4.16. The summed E-state index contributed by atoms with van der Waals surface area (Å²) in [6.45, 7) is 8.02. The summed E-state index contributed by atoms with van der Waals surface area (Å²) in [6.07, 6.45) is 16.3. The van der Waals surface area contributed by atoms with E-state index < -0.39 is 54.4 Å². The molecule has 1 heterocycles. The van der Waals surface area contributed by atoms with Gasteiger partial charge in [0.05, 0.1) is 0 Å². The van der Waals surface area contributed by atoms with E-state index in [2.05, 4.69) is 27.7 Å². The first-order valence-corrected chi connectivity index (χ1v) is 19.0. The first-order valence-electron chi connectivity index (χ1n) is 19.0. The molecular formula is C38H64O10. The van der Waals surface area contributed by atoms with Crippen molar-refractivity contribution in [3.05, 3.63) is 11.5 Å². The number of ether oxygens (including phenoxy) is 5. The maximum absolute atomic E-state index is 13.1. The van der Waals surface area contributed by atoms with Crippen LogP contribution in [0.2, 0.25) is 0 Å². The Hall–Kier alpha value is -2.91. The van der Waals surface area contributed by atoms with Gasteiger partial charge in [-0.3, -0.25) is 19.2 Å². The number of hydrogen-bond acceptors (Lipinski definition) is 10. The Kier molecular flexibility index (Phi) is 25.1. The van der Waals surface area contributed by atoms with Gasteiger partial charge in [-0.2, -0.15) is 0 Å². The van der Waals surface area contributed by atoms with Crippen molar-refractivity contribution in [2.45, 2.75) is 194 Å². The van der Waals surface area contributed by atoms with Crippen molar-refractivity contribution in [3.63, 3.8) is 0 Å². The van der Waals surface area contributed by atoms with Crippen molar-refractivity contribution in [1.82, 2.24) is 0 Å². The van der Waals surface area contributed by atoms with E-state index >= 15 is 0 Å². The largest absolute Gasteiger partial charge is 0.462 e. The molecule has 0 N–H and O–H groups in total. The van der Waals surface area contributed by atoms with Crippen LogP contribution in [0.25, 0.3) is 0 Å². The molecule has 48 heavy (non-hydrogen) atoms. The molecule has 0 saturated carbocycles. The van der Waals surface area contributed by atoms with Crippen molar-refractivity contribution >= 4 is 29.8 Å². The first kappa shape index (κ1) is 43.1. The number of carbonyl (C=O) groups excluding carboxylic acids is 5. The summed E-state index contributed by atoms with van der Waals surface area (Å²) in [4.78, 5) is 64.4. The van der Waals surface area contributed by atoms with Crippen LogP contribution in [-0.4, -0.2) is 48.7 Å². The summed E-state index contributed by atoms with van der Waals surface area (Å²) < 4.78 is 27.9. The van der Waals surface area contributed by atoms with E-state index in [-0.39, 0.29) is 31.4 Å². The van der Waals surface area contributed by atoms with Gasteiger partial charge in [0, 0.05) is 25.7 Å². The van der Waals surface area contributed by atoms with Gasteiger partial charge in [0.2, 0.25) is 11.9 Å². The van der Waals surface area contributed by atoms with Crippen LogP contribution in [-0.2, 0) is 47.7 Å². The van der Waals surface area contributed by atoms with E-state index in [0.717, 1.165) is 103 Å². The van der Waals surface area contributed by atoms with E-state index in [1.54, 1.807) is 0 Å². The number of cyclic esters (lactones) is 1. The number of rotatable bonds is 30. The van der Waals surface area contributed by atoms with E-state index in [1.165, 1.54) is 0 Å². The van der Waals surface area contributed by atoms with Gasteiger partial charge in [0.25, 0.3) is 5.76 Å². The molecule has 0 aromatic heterocycles. The second-order valence-corrected chi connectivity index (χ2v) is 12.8. The molecule has 0 aliphatic carbocycles. The summed E-state index contributed by atoms with van der Waals surface area (Å²) in [6, 6.07) is 0. The Morgan fingerprint density at radius 2 is 0.938 bits per heavy atom. The summed E-state index contributed by atoms with van der Waals surface area (Å²) in [7, 11) is 0. The molecule has 10 heteroatoms. The molecule has 0 unspecified atom stereocenters. The molecule has 0 spiro atoms. The van der Waals surface area contributed by atoms with Crippen molar-refractivity contribution in [2.75, 3.05) is 6.61 Å². The fourth-order valence-electron chi connectivity index (χ4n) is 5.38. The van der Waals surface area contributed by atoms with Crippen LogP contribution in [0, 0.1) is 0 Å². The molecule has 0 aromatic rings. The highest BCUT2D eigenvalue weighted by Gasteiger charge is 2.46. The zero-order chi connectivity index (χ0) is 35.4. The Balaban J connectivity index is 3.15. The molecule has 1 rings (SSSR count). The van der Waals surface area contributed by atoms with E-state index in [0.29, 0.717) is 25.7 Å². The lowest BCUT2D eigenvalue weighted by Crippen LogP contribution is -2.38. The van der Waals surface area contributed by atoms with E-state index in [9.17, 15) is 24.0 Å². The van der Waals surface area contributed by atoms with Crippen molar-refractivity contribution < 1.29 is 47.7 Å². The van der Waals surface area contributed by atoms with Crippen LogP contribution in [0.1, 0.15) is 182 Å². The Labute approximate surface area is 289 Å². The van der Waals surface area contributed by atoms with Crippen molar-refractivity contribution in [2.24, 2.45) is 0 Å². The van der Waals surface area contributed by atoms with Crippen molar-refractivity contribution in [1.29, 1.82) is 0 Å². The number of hydrogen-bond donors (Lipinski definition) is 0. The highest BCUT2D eigenvalue weighted by atomic mass is 16.7. The minimum absolute atomic E-state index is 0.0795. The fraction of sp³-hybridized carbons (Fsp3) is 0.816. The Morgan fingerprint density at radius 1 is 0.542 bits per heavy atom. The minimum atomic E-state index is -1.42. The van der Waals surface area contributed by atoms with Crippen LogP contribution >= 0.6 is 0 Å². The van der Waals surface area contributed by atoms with Gasteiger partial charge in [-0.15, -0.1) is 0 Å². The molecule has 2 atom stereocenters. The van der Waals surface area contributed by atoms with Crippen LogP contribution in [0.4, 0.5) is 0 Å². The van der Waals surface area contributed by atoms with Crippen molar-refractivity contribution in [3.8, 4) is 0 Å². The second-order valence-electron chi connectivity index (χ2n) is 12.8. The third kappa shape index (κ3) is 19.8. The molecule has 0 radical (unpaired) electrons. The molecular weight excluding hydrogens is 616 g/mol. The second kappa shape index (κ2) is 28.0. The smallest absolute Gasteiger partial charge is 0.379 e. The maximum Gasteiger partial charge on any atom is 0.379 e. The van der Waals surface area contributed by atoms with Gasteiger partial charge < -0.3 is 23.7 Å². The van der Waals surface area contributed by atoms with Gasteiger partial charge in [-0.25, -0.2) is 4.79 Å². The zero-order valence-corrected chi connectivity index (χ0v) is 30.4.